The number of carbonyl (C=O) groups excluding carboxylic acids is 1. The van der Waals surface area contributed by atoms with E-state index in [1.807, 2.05) is 61.2 Å². The fourth-order valence-corrected chi connectivity index (χ4v) is 4.49. The SMILES string of the molecule is C=C1C=CC=CN1/C(C#Cc1cncc(C(=O)Nc2ccc(CN3CCN(C)CC3)c(C(F)(F)F)c2)c1)=C\C(C)C. The number of halogens is 3. The lowest BCUT2D eigenvalue weighted by Gasteiger charge is -2.33. The van der Waals surface area contributed by atoms with Gasteiger partial charge in [0.05, 0.1) is 16.8 Å². The summed E-state index contributed by atoms with van der Waals surface area (Å²) in [4.78, 5) is 23.2. The average molecular weight is 562 g/mol. The largest absolute Gasteiger partial charge is 0.416 e. The molecule has 0 atom stereocenters. The van der Waals surface area contributed by atoms with Crippen molar-refractivity contribution in [2.45, 2.75) is 26.6 Å². The maximum absolute atomic E-state index is 14.0. The van der Waals surface area contributed by atoms with Gasteiger partial charge in [0.1, 0.15) is 0 Å². The number of pyridine rings is 1. The highest BCUT2D eigenvalue weighted by Gasteiger charge is 2.34. The van der Waals surface area contributed by atoms with Crippen LogP contribution in [0.5, 0.6) is 0 Å². The maximum Gasteiger partial charge on any atom is 0.416 e. The molecule has 1 aromatic carbocycles. The van der Waals surface area contributed by atoms with Gasteiger partial charge in [-0.15, -0.1) is 0 Å². The third-order valence-electron chi connectivity index (χ3n) is 6.69. The molecule has 214 valence electrons. The van der Waals surface area contributed by atoms with Crippen LogP contribution in [0.2, 0.25) is 0 Å². The van der Waals surface area contributed by atoms with Gasteiger partial charge < -0.3 is 15.1 Å². The molecule has 2 aliphatic rings. The van der Waals surface area contributed by atoms with Gasteiger partial charge in [-0.05, 0) is 60.9 Å². The molecule has 0 spiro atoms. The Bertz CT molecular complexity index is 1440. The molecule has 2 aromatic rings. The van der Waals surface area contributed by atoms with Gasteiger partial charge in [-0.3, -0.25) is 14.7 Å². The number of nitrogens with zero attached hydrogens (tertiary/aromatic N) is 4. The maximum atomic E-state index is 14.0. The van der Waals surface area contributed by atoms with E-state index in [1.54, 1.807) is 6.07 Å². The number of allylic oxidation sites excluding steroid dienone is 5. The molecular weight excluding hydrogens is 527 g/mol. The zero-order valence-electron chi connectivity index (χ0n) is 23.5. The highest BCUT2D eigenvalue weighted by atomic mass is 19.4. The minimum absolute atomic E-state index is 0.0616. The van der Waals surface area contributed by atoms with Crippen LogP contribution in [0.25, 0.3) is 0 Å². The van der Waals surface area contributed by atoms with E-state index < -0.39 is 17.6 Å². The molecule has 1 saturated heterocycles. The molecule has 41 heavy (non-hydrogen) atoms. The Labute approximate surface area is 239 Å². The Kier molecular flexibility index (Phi) is 9.48. The quantitative estimate of drug-likeness (QED) is 0.446. The Morgan fingerprint density at radius 3 is 2.59 bits per heavy atom. The third kappa shape index (κ3) is 8.19. The first-order chi connectivity index (χ1) is 19.5. The predicted octanol–water partition coefficient (Wildman–Crippen LogP) is 5.89. The number of amides is 1. The zero-order chi connectivity index (χ0) is 29.6. The number of alkyl halides is 3. The summed E-state index contributed by atoms with van der Waals surface area (Å²) in [6, 6.07) is 5.51. The number of benzene rings is 1. The first-order valence-corrected chi connectivity index (χ1v) is 13.4. The van der Waals surface area contributed by atoms with E-state index in [4.69, 9.17) is 0 Å². The lowest BCUT2D eigenvalue weighted by atomic mass is 10.0. The van der Waals surface area contributed by atoms with Crippen LogP contribution in [0.1, 0.15) is 40.9 Å². The summed E-state index contributed by atoms with van der Waals surface area (Å²) in [7, 11) is 2.00. The van der Waals surface area contributed by atoms with Gasteiger partial charge in [-0.2, -0.15) is 13.2 Å². The highest BCUT2D eigenvalue weighted by Crippen LogP contribution is 2.34. The van der Waals surface area contributed by atoms with Crippen molar-refractivity contribution in [3.63, 3.8) is 0 Å². The van der Waals surface area contributed by atoms with Gasteiger partial charge in [0.15, 0.2) is 0 Å². The lowest BCUT2D eigenvalue weighted by molar-refractivity contribution is -0.138. The van der Waals surface area contributed by atoms with Gasteiger partial charge in [-0.25, -0.2) is 0 Å². The molecule has 9 heteroatoms. The number of hydrogen-bond donors (Lipinski definition) is 1. The van der Waals surface area contributed by atoms with Gasteiger partial charge in [0.25, 0.3) is 5.91 Å². The van der Waals surface area contributed by atoms with E-state index >= 15 is 0 Å². The Morgan fingerprint density at radius 1 is 1.15 bits per heavy atom. The second-order valence-electron chi connectivity index (χ2n) is 10.5. The molecule has 0 saturated carbocycles. The Hall–Kier alpha value is -4.13. The van der Waals surface area contributed by atoms with Crippen molar-refractivity contribution < 1.29 is 18.0 Å². The van der Waals surface area contributed by atoms with Crippen LogP contribution < -0.4 is 5.32 Å². The molecule has 1 fully saturated rings. The van der Waals surface area contributed by atoms with Crippen molar-refractivity contribution in [3.8, 4) is 11.8 Å². The van der Waals surface area contributed by atoms with E-state index in [-0.39, 0.29) is 29.3 Å². The van der Waals surface area contributed by atoms with Crippen molar-refractivity contribution in [3.05, 3.63) is 107 Å². The topological polar surface area (TPSA) is 51.7 Å². The first kappa shape index (κ1) is 29.8. The van der Waals surface area contributed by atoms with E-state index in [9.17, 15) is 18.0 Å². The fraction of sp³-hybridized carbons (Fsp3) is 0.312. The molecular formula is C32H34F3N5O. The van der Waals surface area contributed by atoms with E-state index in [0.717, 1.165) is 30.5 Å². The minimum atomic E-state index is -4.55. The van der Waals surface area contributed by atoms with E-state index in [0.29, 0.717) is 18.7 Å². The van der Waals surface area contributed by atoms with Crippen molar-refractivity contribution in [2.75, 3.05) is 38.5 Å². The molecule has 0 aliphatic carbocycles. The second kappa shape index (κ2) is 13.0. The lowest BCUT2D eigenvalue weighted by Crippen LogP contribution is -2.44. The number of anilines is 1. The molecule has 1 N–H and O–H groups in total. The van der Waals surface area contributed by atoms with Crippen LogP contribution in [-0.2, 0) is 12.7 Å². The van der Waals surface area contributed by atoms with Crippen molar-refractivity contribution in [1.29, 1.82) is 0 Å². The second-order valence-corrected chi connectivity index (χ2v) is 10.5. The number of piperazine rings is 1. The fourth-order valence-electron chi connectivity index (χ4n) is 4.49. The molecule has 4 rings (SSSR count). The van der Waals surface area contributed by atoms with E-state index in [2.05, 4.69) is 33.6 Å². The van der Waals surface area contributed by atoms with Crippen LogP contribution in [-0.4, -0.2) is 58.8 Å². The molecule has 6 nitrogen and oxygen atoms in total. The van der Waals surface area contributed by atoms with Gasteiger partial charge in [0, 0.05) is 68.3 Å². The van der Waals surface area contributed by atoms with Gasteiger partial charge in [0.2, 0.25) is 0 Å². The monoisotopic (exact) mass is 561 g/mol. The van der Waals surface area contributed by atoms with E-state index in [1.165, 1.54) is 24.5 Å². The third-order valence-corrected chi connectivity index (χ3v) is 6.69. The van der Waals surface area contributed by atoms with Crippen LogP contribution >= 0.6 is 0 Å². The number of rotatable bonds is 6. The molecule has 1 aromatic heterocycles. The molecule has 1 amide bonds. The smallest absolute Gasteiger partial charge is 0.322 e. The molecule has 0 bridgehead atoms. The molecule has 0 unspecified atom stereocenters. The van der Waals surface area contributed by atoms with Crippen molar-refractivity contribution >= 4 is 11.6 Å². The van der Waals surface area contributed by atoms with Gasteiger partial charge in [-0.1, -0.05) is 38.5 Å². The number of aromatic nitrogens is 1. The van der Waals surface area contributed by atoms with Gasteiger partial charge >= 0.3 is 6.18 Å². The standard InChI is InChI=1S/C32H34F3N5O/c1-23(2)17-29(40-12-6-5-7-24(40)3)11-8-25-18-27(21-36-20-25)31(41)37-28-10-9-26(30(19-28)32(33,34)35)22-39-15-13-38(4)14-16-39/h5-7,9-10,12,17-21,23H,3,13-16,22H2,1-2,4H3,(H,37,41)/b29-17-. The summed E-state index contributed by atoms with van der Waals surface area (Å²) < 4.78 is 41.9. The summed E-state index contributed by atoms with van der Waals surface area (Å²) >= 11 is 0. The summed E-state index contributed by atoms with van der Waals surface area (Å²) in [5, 5.41) is 2.59. The zero-order valence-corrected chi connectivity index (χ0v) is 23.5. The Morgan fingerprint density at radius 2 is 1.90 bits per heavy atom. The minimum Gasteiger partial charge on any atom is -0.322 e. The Balaban J connectivity index is 1.51. The summed E-state index contributed by atoms with van der Waals surface area (Å²) in [6.07, 6.45) is 7.89. The number of likely N-dealkylation sites (N-methyl/N-ethyl adjacent to an activating group) is 1. The van der Waals surface area contributed by atoms with Crippen LogP contribution in [0, 0.1) is 17.8 Å². The predicted molar refractivity (Wildman–Crippen MR) is 155 cm³/mol. The number of hydrogen-bond acceptors (Lipinski definition) is 5. The molecule has 3 heterocycles. The molecule has 2 aliphatic heterocycles. The average Bonchev–Trinajstić information content (AvgIpc) is 2.93. The van der Waals surface area contributed by atoms with Crippen LogP contribution in [0.4, 0.5) is 18.9 Å². The van der Waals surface area contributed by atoms with Crippen LogP contribution in [0.3, 0.4) is 0 Å². The number of carbonyl (C=O) groups is 1. The van der Waals surface area contributed by atoms with Crippen LogP contribution in [0.15, 0.2) is 85.1 Å². The summed E-state index contributed by atoms with van der Waals surface area (Å²) in [6.45, 7) is 11.4. The summed E-state index contributed by atoms with van der Waals surface area (Å²) in [5.74, 6) is 5.84. The summed E-state index contributed by atoms with van der Waals surface area (Å²) in [5.41, 5.74) is 1.68. The highest BCUT2D eigenvalue weighted by molar-refractivity contribution is 6.04. The van der Waals surface area contributed by atoms with Crippen molar-refractivity contribution in [1.82, 2.24) is 19.7 Å². The normalized spacial score (nSPS) is 16.6. The molecule has 0 radical (unpaired) electrons. The number of nitrogens with one attached hydrogen (secondary N) is 1. The first-order valence-electron chi connectivity index (χ1n) is 13.4. The van der Waals surface area contributed by atoms with Crippen molar-refractivity contribution in [2.24, 2.45) is 5.92 Å².